The number of carbonyl (C=O) groups excluding carboxylic acids is 1. The molecule has 0 aliphatic carbocycles. The molecule has 0 radical (unpaired) electrons. The molecule has 0 atom stereocenters. The first-order chi connectivity index (χ1) is 7.33. The summed E-state index contributed by atoms with van der Waals surface area (Å²) < 4.78 is 5.47. The molecule has 1 aromatic carbocycles. The number of nitrogens with one attached hydrogen (secondary N) is 1. The van der Waals surface area contributed by atoms with E-state index in [2.05, 4.69) is 15.5 Å². The molecule has 5 nitrogen and oxygen atoms in total. The van der Waals surface area contributed by atoms with Crippen LogP contribution in [-0.2, 0) is 4.79 Å². The fraction of sp³-hybridized carbons (Fsp3) is 0.100. The molecule has 0 saturated heterocycles. The number of rotatable bonds is 1. The van der Waals surface area contributed by atoms with E-state index in [0.717, 1.165) is 5.52 Å². The highest BCUT2D eigenvalue weighted by molar-refractivity contribution is 6.12. The van der Waals surface area contributed by atoms with E-state index in [-0.39, 0.29) is 12.3 Å². The van der Waals surface area contributed by atoms with E-state index in [9.17, 15) is 4.79 Å². The third-order valence-electron chi connectivity index (χ3n) is 2.18. The predicted molar refractivity (Wildman–Crippen MR) is 53.3 cm³/mol. The van der Waals surface area contributed by atoms with E-state index in [1.165, 1.54) is 0 Å². The molecular formula is C10H7N3O2. The van der Waals surface area contributed by atoms with Gasteiger partial charge in [-0.2, -0.15) is 5.10 Å². The quantitative estimate of drug-likeness (QED) is 0.749. The van der Waals surface area contributed by atoms with Crippen molar-refractivity contribution >= 4 is 22.7 Å². The molecule has 1 amide bonds. The van der Waals surface area contributed by atoms with Crippen molar-refractivity contribution < 1.29 is 9.21 Å². The molecule has 0 spiro atoms. The SMILES string of the molecule is O=C1CC(c2nc3ccccc3o2)=NN1. The highest BCUT2D eigenvalue weighted by Gasteiger charge is 2.20. The number of nitrogens with zero attached hydrogens (tertiary/aromatic N) is 2. The van der Waals surface area contributed by atoms with E-state index in [1.54, 1.807) is 0 Å². The lowest BCUT2D eigenvalue weighted by molar-refractivity contribution is -0.119. The van der Waals surface area contributed by atoms with Gasteiger partial charge < -0.3 is 4.42 Å². The van der Waals surface area contributed by atoms with Gasteiger partial charge in [0.15, 0.2) is 5.58 Å². The van der Waals surface area contributed by atoms with Gasteiger partial charge in [0.2, 0.25) is 11.8 Å². The van der Waals surface area contributed by atoms with Gasteiger partial charge in [-0.15, -0.1) is 0 Å². The topological polar surface area (TPSA) is 67.5 Å². The first-order valence-corrected chi connectivity index (χ1v) is 4.54. The number of hydrogen-bond acceptors (Lipinski definition) is 4. The van der Waals surface area contributed by atoms with Gasteiger partial charge in [-0.05, 0) is 12.1 Å². The zero-order valence-electron chi connectivity index (χ0n) is 7.73. The normalized spacial score (nSPS) is 15.5. The summed E-state index contributed by atoms with van der Waals surface area (Å²) in [5.74, 6) is 0.279. The second kappa shape index (κ2) is 2.91. The summed E-state index contributed by atoms with van der Waals surface area (Å²) in [4.78, 5) is 15.2. The molecule has 0 saturated carbocycles. The van der Waals surface area contributed by atoms with Gasteiger partial charge in [0.1, 0.15) is 11.2 Å². The molecule has 1 N–H and O–H groups in total. The Labute approximate surface area is 84.8 Å². The van der Waals surface area contributed by atoms with Crippen molar-refractivity contribution in [3.05, 3.63) is 30.2 Å². The van der Waals surface area contributed by atoms with Crippen LogP contribution in [0.3, 0.4) is 0 Å². The van der Waals surface area contributed by atoms with Gasteiger partial charge in [-0.25, -0.2) is 10.4 Å². The first-order valence-electron chi connectivity index (χ1n) is 4.54. The summed E-state index contributed by atoms with van der Waals surface area (Å²) in [5, 5.41) is 3.84. The monoisotopic (exact) mass is 201 g/mol. The minimum atomic E-state index is -0.132. The van der Waals surface area contributed by atoms with Crippen LogP contribution in [0.5, 0.6) is 0 Å². The summed E-state index contributed by atoms with van der Waals surface area (Å²) in [6.45, 7) is 0. The van der Waals surface area contributed by atoms with Gasteiger partial charge in [-0.1, -0.05) is 12.1 Å². The second-order valence-electron chi connectivity index (χ2n) is 3.26. The third kappa shape index (κ3) is 1.28. The number of fused-ring (bicyclic) bond motifs is 1. The molecule has 1 aromatic heterocycles. The number of hydrogen-bond donors (Lipinski definition) is 1. The summed E-state index contributed by atoms with van der Waals surface area (Å²) in [6, 6.07) is 7.44. The standard InChI is InChI=1S/C10H7N3O2/c14-9-5-7(12-13-9)10-11-6-3-1-2-4-8(6)15-10/h1-4H,5H2,(H,13,14). The van der Waals surface area contributed by atoms with Crippen LogP contribution in [0.4, 0.5) is 0 Å². The molecule has 5 heteroatoms. The molecule has 15 heavy (non-hydrogen) atoms. The van der Waals surface area contributed by atoms with Crippen molar-refractivity contribution in [1.82, 2.24) is 10.4 Å². The van der Waals surface area contributed by atoms with Crippen LogP contribution in [0.2, 0.25) is 0 Å². The lowest BCUT2D eigenvalue weighted by atomic mass is 10.3. The molecular weight excluding hydrogens is 194 g/mol. The molecule has 3 rings (SSSR count). The highest BCUT2D eigenvalue weighted by atomic mass is 16.3. The van der Waals surface area contributed by atoms with Crippen LogP contribution in [0, 0.1) is 0 Å². The fourth-order valence-electron chi connectivity index (χ4n) is 1.48. The van der Waals surface area contributed by atoms with Crippen molar-refractivity contribution in [3.8, 4) is 0 Å². The lowest BCUT2D eigenvalue weighted by Gasteiger charge is -1.86. The number of benzene rings is 1. The van der Waals surface area contributed by atoms with Crippen molar-refractivity contribution in [2.45, 2.75) is 6.42 Å². The van der Waals surface area contributed by atoms with Crippen LogP contribution in [0.15, 0.2) is 33.8 Å². The Kier molecular flexibility index (Phi) is 1.58. The van der Waals surface area contributed by atoms with Gasteiger partial charge in [0.05, 0.1) is 6.42 Å². The highest BCUT2D eigenvalue weighted by Crippen LogP contribution is 2.17. The van der Waals surface area contributed by atoms with E-state index < -0.39 is 0 Å². The number of aromatic nitrogens is 1. The maximum Gasteiger partial charge on any atom is 0.246 e. The fourth-order valence-corrected chi connectivity index (χ4v) is 1.48. The van der Waals surface area contributed by atoms with Crippen molar-refractivity contribution in [2.24, 2.45) is 5.10 Å². The van der Waals surface area contributed by atoms with Crippen LogP contribution >= 0.6 is 0 Å². The molecule has 0 fully saturated rings. The molecule has 74 valence electrons. The minimum Gasteiger partial charge on any atom is -0.435 e. The third-order valence-corrected chi connectivity index (χ3v) is 2.18. The zero-order valence-corrected chi connectivity index (χ0v) is 7.73. The van der Waals surface area contributed by atoms with E-state index in [4.69, 9.17) is 4.42 Å². The van der Waals surface area contributed by atoms with Crippen molar-refractivity contribution in [3.63, 3.8) is 0 Å². The van der Waals surface area contributed by atoms with Crippen LogP contribution < -0.4 is 5.43 Å². The van der Waals surface area contributed by atoms with Crippen LogP contribution in [0.25, 0.3) is 11.1 Å². The number of hydrazone groups is 1. The number of para-hydroxylation sites is 2. The maximum absolute atomic E-state index is 10.9. The molecule has 2 aromatic rings. The Balaban J connectivity index is 2.09. The van der Waals surface area contributed by atoms with E-state index in [0.29, 0.717) is 17.2 Å². The Morgan fingerprint density at radius 2 is 2.20 bits per heavy atom. The average molecular weight is 201 g/mol. The van der Waals surface area contributed by atoms with E-state index >= 15 is 0 Å². The Morgan fingerprint density at radius 3 is 2.93 bits per heavy atom. The van der Waals surface area contributed by atoms with Crippen molar-refractivity contribution in [1.29, 1.82) is 0 Å². The Morgan fingerprint density at radius 1 is 1.33 bits per heavy atom. The zero-order chi connectivity index (χ0) is 10.3. The van der Waals surface area contributed by atoms with Crippen molar-refractivity contribution in [2.75, 3.05) is 0 Å². The number of amides is 1. The maximum atomic E-state index is 10.9. The van der Waals surface area contributed by atoms with Gasteiger partial charge >= 0.3 is 0 Å². The minimum absolute atomic E-state index is 0.132. The smallest absolute Gasteiger partial charge is 0.246 e. The molecule has 1 aliphatic rings. The molecule has 0 unspecified atom stereocenters. The molecule has 2 heterocycles. The summed E-state index contributed by atoms with van der Waals surface area (Å²) in [5.41, 5.74) is 4.39. The second-order valence-corrected chi connectivity index (χ2v) is 3.26. The Hall–Kier alpha value is -2.17. The largest absolute Gasteiger partial charge is 0.435 e. The number of oxazole rings is 1. The first kappa shape index (κ1) is 8.16. The summed E-state index contributed by atoms with van der Waals surface area (Å²) in [6.07, 6.45) is 0.229. The van der Waals surface area contributed by atoms with E-state index in [1.807, 2.05) is 24.3 Å². The summed E-state index contributed by atoms with van der Waals surface area (Å²) in [7, 11) is 0. The van der Waals surface area contributed by atoms with Crippen LogP contribution in [0.1, 0.15) is 12.3 Å². The molecule has 0 bridgehead atoms. The Bertz CT molecular complexity index is 538. The number of carbonyl (C=O) groups is 1. The van der Waals surface area contributed by atoms with Gasteiger partial charge in [0.25, 0.3) is 0 Å². The average Bonchev–Trinajstić information content (AvgIpc) is 2.82. The van der Waals surface area contributed by atoms with Gasteiger partial charge in [0, 0.05) is 0 Å². The molecule has 1 aliphatic heterocycles. The predicted octanol–water partition coefficient (Wildman–Crippen LogP) is 1.05. The van der Waals surface area contributed by atoms with Gasteiger partial charge in [-0.3, -0.25) is 4.79 Å². The lowest BCUT2D eigenvalue weighted by Crippen LogP contribution is -2.09. The van der Waals surface area contributed by atoms with Crippen LogP contribution in [-0.4, -0.2) is 16.6 Å². The summed E-state index contributed by atoms with van der Waals surface area (Å²) >= 11 is 0.